The van der Waals surface area contributed by atoms with Crippen molar-refractivity contribution in [2.75, 3.05) is 0 Å². The Bertz CT molecular complexity index is 991. The normalized spacial score (nSPS) is 10.5. The van der Waals surface area contributed by atoms with Gasteiger partial charge in [-0.2, -0.15) is 0 Å². The predicted molar refractivity (Wildman–Crippen MR) is 121 cm³/mol. The summed E-state index contributed by atoms with van der Waals surface area (Å²) in [6.07, 6.45) is 3.48. The molecule has 0 fully saturated rings. The number of hydrogen-bond donors (Lipinski definition) is 0. The van der Waals surface area contributed by atoms with Crippen LogP contribution in [0.3, 0.4) is 0 Å². The van der Waals surface area contributed by atoms with Gasteiger partial charge in [0.05, 0.1) is 0 Å². The first-order chi connectivity index (χ1) is 14.1. The van der Waals surface area contributed by atoms with Crippen LogP contribution in [0.25, 0.3) is 5.57 Å². The van der Waals surface area contributed by atoms with Gasteiger partial charge < -0.3 is 9.47 Å². The highest BCUT2D eigenvalue weighted by atomic mass is 35.5. The van der Waals surface area contributed by atoms with Crippen molar-refractivity contribution in [3.63, 3.8) is 0 Å². The van der Waals surface area contributed by atoms with Crippen molar-refractivity contribution in [3.8, 4) is 24.0 Å². The van der Waals surface area contributed by atoms with E-state index in [0.717, 1.165) is 33.4 Å². The number of aryl methyl sites for hydroxylation is 2. The molecule has 2 aromatic carbocycles. The Labute approximate surface area is 188 Å². The summed E-state index contributed by atoms with van der Waals surface area (Å²) >= 11 is 12.9. The number of benzene rings is 2. The summed E-state index contributed by atoms with van der Waals surface area (Å²) in [5.74, 6) is 1.28. The van der Waals surface area contributed by atoms with Crippen molar-refractivity contribution in [2.45, 2.75) is 53.4 Å². The highest BCUT2D eigenvalue weighted by Gasteiger charge is 2.23. The molecule has 2 aromatic rings. The van der Waals surface area contributed by atoms with Gasteiger partial charge in [0, 0.05) is 5.57 Å². The van der Waals surface area contributed by atoms with Crippen molar-refractivity contribution < 1.29 is 9.47 Å². The lowest BCUT2D eigenvalue weighted by Gasteiger charge is -2.22. The van der Waals surface area contributed by atoms with Crippen molar-refractivity contribution >= 4 is 28.8 Å². The molecular formula is C24H24Cl2N2O2. The van der Waals surface area contributed by atoms with E-state index in [1.807, 2.05) is 38.1 Å². The van der Waals surface area contributed by atoms with Crippen LogP contribution in [0.15, 0.2) is 28.8 Å². The molecule has 0 spiro atoms. The van der Waals surface area contributed by atoms with Crippen LogP contribution in [0, 0.1) is 36.9 Å². The molecule has 0 unspecified atom stereocenters. The Hall–Kier alpha value is -2.66. The van der Waals surface area contributed by atoms with Gasteiger partial charge in [-0.05, 0) is 83.3 Å². The average molecular weight is 443 g/mol. The van der Waals surface area contributed by atoms with E-state index in [2.05, 4.69) is 27.7 Å². The maximum atomic E-state index is 8.96. The van der Waals surface area contributed by atoms with Crippen LogP contribution in [0.2, 0.25) is 0 Å². The Balaban J connectivity index is 2.88. The molecule has 0 bridgehead atoms. The Morgan fingerprint density at radius 1 is 0.767 bits per heavy atom. The van der Waals surface area contributed by atoms with Crippen LogP contribution in [-0.2, 0) is 0 Å². The third-order valence-electron chi connectivity index (χ3n) is 4.98. The zero-order valence-electron chi connectivity index (χ0n) is 17.9. The van der Waals surface area contributed by atoms with Crippen LogP contribution < -0.4 is 9.47 Å². The number of halogens is 2. The van der Waals surface area contributed by atoms with Gasteiger partial charge in [0.1, 0.15) is 16.0 Å². The maximum absolute atomic E-state index is 8.96. The molecule has 0 aliphatic heterocycles. The van der Waals surface area contributed by atoms with Crippen LogP contribution in [0.4, 0.5) is 0 Å². The number of nitriles is 2. The minimum Gasteiger partial charge on any atom is -0.388 e. The maximum Gasteiger partial charge on any atom is 0.292 e. The Kier molecular flexibility index (Phi) is 7.79. The smallest absolute Gasteiger partial charge is 0.292 e. The summed E-state index contributed by atoms with van der Waals surface area (Å²) in [4.78, 5) is 0. The highest BCUT2D eigenvalue weighted by Crippen LogP contribution is 2.42. The number of rotatable bonds is 6. The third-order valence-corrected chi connectivity index (χ3v) is 5.36. The molecule has 0 saturated heterocycles. The number of ether oxygens (including phenoxy) is 2. The fourth-order valence-electron chi connectivity index (χ4n) is 3.46. The van der Waals surface area contributed by atoms with Crippen LogP contribution in [-0.4, -0.2) is 0 Å². The molecule has 0 heterocycles. The van der Waals surface area contributed by atoms with E-state index in [4.69, 9.17) is 43.2 Å². The van der Waals surface area contributed by atoms with Crippen LogP contribution in [0.1, 0.15) is 72.9 Å². The summed E-state index contributed by atoms with van der Waals surface area (Å²) in [6, 6.07) is 7.62. The second kappa shape index (κ2) is 9.90. The summed E-state index contributed by atoms with van der Waals surface area (Å²) in [7, 11) is 0. The molecule has 30 heavy (non-hydrogen) atoms. The zero-order valence-corrected chi connectivity index (χ0v) is 19.4. The highest BCUT2D eigenvalue weighted by molar-refractivity contribution is 6.59. The molecule has 0 aromatic heterocycles. The Morgan fingerprint density at radius 2 is 1.13 bits per heavy atom. The van der Waals surface area contributed by atoms with Crippen LogP contribution >= 0.6 is 23.2 Å². The number of nitrogens with zero attached hydrogens (tertiary/aromatic N) is 2. The van der Waals surface area contributed by atoms with E-state index in [1.54, 1.807) is 12.5 Å². The van der Waals surface area contributed by atoms with Gasteiger partial charge in [0.15, 0.2) is 0 Å². The number of hydrogen-bond acceptors (Lipinski definition) is 4. The fraction of sp³-hybridized carbons (Fsp3) is 0.333. The molecule has 0 aliphatic carbocycles. The van der Waals surface area contributed by atoms with Crippen molar-refractivity contribution in [1.29, 1.82) is 10.5 Å². The third kappa shape index (κ3) is 4.90. The van der Waals surface area contributed by atoms with Gasteiger partial charge in [0.25, 0.3) is 12.5 Å². The van der Waals surface area contributed by atoms with Gasteiger partial charge in [-0.25, -0.2) is 0 Å². The fourth-order valence-corrected chi connectivity index (χ4v) is 3.87. The predicted octanol–water partition coefficient (Wildman–Crippen LogP) is 7.46. The first kappa shape index (κ1) is 23.6. The SMILES string of the molecule is Cc1cc(C(=C(Cl)Cl)c2cc(C)c(OC#N)cc2C(C)C)c(C(C)C)cc1OC#N. The summed E-state index contributed by atoms with van der Waals surface area (Å²) in [6.45, 7) is 12.0. The topological polar surface area (TPSA) is 66.0 Å². The van der Waals surface area contributed by atoms with Gasteiger partial charge >= 0.3 is 0 Å². The molecule has 0 N–H and O–H groups in total. The van der Waals surface area contributed by atoms with Crippen molar-refractivity contribution in [3.05, 3.63) is 62.1 Å². The second-order valence-electron chi connectivity index (χ2n) is 7.74. The van der Waals surface area contributed by atoms with Gasteiger partial charge in [0.2, 0.25) is 0 Å². The van der Waals surface area contributed by atoms with E-state index in [-0.39, 0.29) is 16.3 Å². The summed E-state index contributed by atoms with van der Waals surface area (Å²) < 4.78 is 10.4. The molecule has 2 rings (SSSR count). The van der Waals surface area contributed by atoms with Gasteiger partial charge in [-0.15, -0.1) is 10.5 Å². The van der Waals surface area contributed by atoms with E-state index in [9.17, 15) is 0 Å². The molecule has 0 aliphatic rings. The summed E-state index contributed by atoms with van der Waals surface area (Å²) in [5.41, 5.74) is 5.98. The monoisotopic (exact) mass is 442 g/mol. The lowest BCUT2D eigenvalue weighted by atomic mass is 9.84. The van der Waals surface area contributed by atoms with E-state index in [0.29, 0.717) is 17.1 Å². The first-order valence-electron chi connectivity index (χ1n) is 9.59. The quantitative estimate of drug-likeness (QED) is 0.435. The standard InChI is InChI=1S/C24H24Cl2N2O2/c1-13(2)17-9-21(29-11-27)15(5)7-19(17)23(24(25)26)20-8-16(6)22(30-12-28)10-18(20)14(3)4/h7-10,13-14H,1-6H3. The van der Waals surface area contributed by atoms with Gasteiger partial charge in [-0.3, -0.25) is 0 Å². The first-order valence-corrected chi connectivity index (χ1v) is 10.3. The minimum absolute atomic E-state index is 0.133. The van der Waals surface area contributed by atoms with E-state index < -0.39 is 0 Å². The van der Waals surface area contributed by atoms with Gasteiger partial charge in [-0.1, -0.05) is 50.9 Å². The van der Waals surface area contributed by atoms with E-state index >= 15 is 0 Å². The molecule has 0 amide bonds. The molecule has 156 valence electrons. The lowest BCUT2D eigenvalue weighted by Crippen LogP contribution is -2.05. The minimum atomic E-state index is 0.133. The molecule has 0 atom stereocenters. The second-order valence-corrected chi connectivity index (χ2v) is 8.69. The average Bonchev–Trinajstić information content (AvgIpc) is 2.65. The van der Waals surface area contributed by atoms with Crippen LogP contribution in [0.5, 0.6) is 11.5 Å². The molecule has 6 heteroatoms. The molecule has 0 saturated carbocycles. The summed E-state index contributed by atoms with van der Waals surface area (Å²) in [5, 5.41) is 17.9. The lowest BCUT2D eigenvalue weighted by molar-refractivity contribution is 0.501. The van der Waals surface area contributed by atoms with Crippen molar-refractivity contribution in [2.24, 2.45) is 0 Å². The Morgan fingerprint density at radius 3 is 1.40 bits per heavy atom. The molecule has 0 radical (unpaired) electrons. The largest absolute Gasteiger partial charge is 0.388 e. The zero-order chi connectivity index (χ0) is 22.6. The molecule has 4 nitrogen and oxygen atoms in total. The molecular weight excluding hydrogens is 419 g/mol. The van der Waals surface area contributed by atoms with E-state index in [1.165, 1.54) is 0 Å². The van der Waals surface area contributed by atoms with Crippen molar-refractivity contribution in [1.82, 2.24) is 0 Å².